The summed E-state index contributed by atoms with van der Waals surface area (Å²) in [5.74, 6) is -10.2. The summed E-state index contributed by atoms with van der Waals surface area (Å²) in [4.78, 5) is 70.8. The van der Waals surface area contributed by atoms with Crippen LogP contribution in [0.5, 0.6) is 0 Å². The fourth-order valence-corrected chi connectivity index (χ4v) is 3.48. The molecule has 1 aliphatic heterocycles. The normalized spacial score (nSPS) is 27.4. The highest BCUT2D eigenvalue weighted by atomic mass is 19.2. The molecule has 1 aliphatic rings. The zero-order chi connectivity index (χ0) is 27.1. The molecule has 2 amide bonds. The highest BCUT2D eigenvalue weighted by Gasteiger charge is 2.64. The Morgan fingerprint density at radius 2 is 1.40 bits per heavy atom. The van der Waals surface area contributed by atoms with Crippen LogP contribution in [-0.4, -0.2) is 91.8 Å². The Labute approximate surface area is 199 Å². The van der Waals surface area contributed by atoms with Gasteiger partial charge in [-0.2, -0.15) is 4.39 Å². The molecule has 1 saturated heterocycles. The van der Waals surface area contributed by atoms with E-state index in [0.29, 0.717) is 0 Å². The Morgan fingerprint density at radius 3 is 1.83 bits per heavy atom. The second kappa shape index (κ2) is 12.4. The number of esters is 4. The number of hydrogen-bond donors (Lipinski definition) is 2. The summed E-state index contributed by atoms with van der Waals surface area (Å²) in [5, 5.41) is 4.36. The number of nitrogens with one attached hydrogen (secondary N) is 2. The van der Waals surface area contributed by atoms with Crippen molar-refractivity contribution in [2.75, 3.05) is 13.7 Å². The average Bonchev–Trinajstić information content (AvgIpc) is 2.73. The molecule has 15 heteroatoms. The number of amides is 2. The molecule has 0 saturated carbocycles. The molecule has 35 heavy (non-hydrogen) atoms. The number of ether oxygens (including phenoxy) is 5. The minimum atomic E-state index is -3.86. The van der Waals surface area contributed by atoms with Gasteiger partial charge in [0.15, 0.2) is 18.4 Å². The smallest absolute Gasteiger partial charge is 0.375 e. The summed E-state index contributed by atoms with van der Waals surface area (Å²) in [6.07, 6.45) is -8.44. The third kappa shape index (κ3) is 7.83. The number of carbonyl (C=O) groups is 6. The van der Waals surface area contributed by atoms with Crippen LogP contribution in [0.2, 0.25) is 0 Å². The molecule has 0 spiro atoms. The van der Waals surface area contributed by atoms with Gasteiger partial charge < -0.3 is 34.3 Å². The fourth-order valence-electron chi connectivity index (χ4n) is 3.48. The van der Waals surface area contributed by atoms with Crippen molar-refractivity contribution in [2.24, 2.45) is 0 Å². The highest BCUT2D eigenvalue weighted by molar-refractivity contribution is 5.80. The largest absolute Gasteiger partial charge is 0.465 e. The van der Waals surface area contributed by atoms with Gasteiger partial charge in [-0.15, -0.1) is 0 Å². The molecule has 2 N–H and O–H groups in total. The van der Waals surface area contributed by atoms with Crippen molar-refractivity contribution < 1.29 is 61.2 Å². The summed E-state index contributed by atoms with van der Waals surface area (Å²) in [7, 11) is 0.744. The molecular formula is C20H28F2N2O11. The predicted octanol–water partition coefficient (Wildman–Crippen LogP) is -1.00. The van der Waals surface area contributed by atoms with Gasteiger partial charge in [0.1, 0.15) is 12.7 Å². The summed E-state index contributed by atoms with van der Waals surface area (Å²) in [6, 6.07) is -3.64. The predicted molar refractivity (Wildman–Crippen MR) is 109 cm³/mol. The van der Waals surface area contributed by atoms with Crippen LogP contribution in [0.25, 0.3) is 0 Å². The third-order valence-corrected chi connectivity index (χ3v) is 4.68. The monoisotopic (exact) mass is 510 g/mol. The summed E-state index contributed by atoms with van der Waals surface area (Å²) in [6.45, 7) is 4.15. The van der Waals surface area contributed by atoms with E-state index in [9.17, 15) is 28.8 Å². The molecular weight excluding hydrogens is 482 g/mol. The van der Waals surface area contributed by atoms with E-state index in [1.54, 1.807) is 0 Å². The lowest BCUT2D eigenvalue weighted by Gasteiger charge is -2.48. The highest BCUT2D eigenvalue weighted by Crippen LogP contribution is 2.37. The lowest BCUT2D eigenvalue weighted by molar-refractivity contribution is -0.282. The maximum Gasteiger partial charge on any atom is 0.375 e. The van der Waals surface area contributed by atoms with Gasteiger partial charge in [0.2, 0.25) is 11.8 Å². The van der Waals surface area contributed by atoms with E-state index in [2.05, 4.69) is 15.4 Å². The van der Waals surface area contributed by atoms with Crippen LogP contribution in [0.1, 0.15) is 34.6 Å². The van der Waals surface area contributed by atoms with E-state index >= 15 is 8.78 Å². The van der Waals surface area contributed by atoms with Crippen molar-refractivity contribution in [3.63, 3.8) is 0 Å². The summed E-state index contributed by atoms with van der Waals surface area (Å²) < 4.78 is 55.5. The maximum atomic E-state index is 15.7. The molecule has 1 fully saturated rings. The van der Waals surface area contributed by atoms with Crippen LogP contribution < -0.4 is 10.6 Å². The first-order valence-corrected chi connectivity index (χ1v) is 10.2. The lowest BCUT2D eigenvalue weighted by Crippen LogP contribution is -2.75. The van der Waals surface area contributed by atoms with Gasteiger partial charge in [0.25, 0.3) is 0 Å². The minimum absolute atomic E-state index is 0.735. The second-order valence-electron chi connectivity index (χ2n) is 7.60. The summed E-state index contributed by atoms with van der Waals surface area (Å²) in [5.41, 5.74) is 0. The molecule has 7 atom stereocenters. The van der Waals surface area contributed by atoms with E-state index in [1.807, 2.05) is 0 Å². The van der Waals surface area contributed by atoms with E-state index in [4.69, 9.17) is 18.9 Å². The van der Waals surface area contributed by atoms with Gasteiger partial charge in [0.05, 0.1) is 19.2 Å². The van der Waals surface area contributed by atoms with Crippen molar-refractivity contribution >= 4 is 35.7 Å². The first-order chi connectivity index (χ1) is 16.1. The van der Waals surface area contributed by atoms with Crippen molar-refractivity contribution in [3.8, 4) is 0 Å². The van der Waals surface area contributed by atoms with E-state index < -0.39 is 84.7 Å². The molecule has 0 bridgehead atoms. The number of alkyl halides is 2. The fraction of sp³-hybridized carbons (Fsp3) is 0.700. The molecule has 198 valence electrons. The van der Waals surface area contributed by atoms with Gasteiger partial charge in [-0.3, -0.25) is 24.0 Å². The van der Waals surface area contributed by atoms with E-state index in [1.165, 1.54) is 0 Å². The van der Waals surface area contributed by atoms with Crippen LogP contribution in [0.4, 0.5) is 8.78 Å². The number of halogens is 2. The zero-order valence-electron chi connectivity index (χ0n) is 19.9. The first kappa shape index (κ1) is 29.7. The van der Waals surface area contributed by atoms with Gasteiger partial charge in [0, 0.05) is 34.6 Å². The molecule has 0 aromatic rings. The number of methoxy groups -OCH3 is 1. The minimum Gasteiger partial charge on any atom is -0.465 e. The van der Waals surface area contributed by atoms with Gasteiger partial charge in [-0.25, -0.2) is 9.18 Å². The van der Waals surface area contributed by atoms with Gasteiger partial charge >= 0.3 is 29.7 Å². The van der Waals surface area contributed by atoms with Crippen LogP contribution in [0.15, 0.2) is 0 Å². The Kier molecular flexibility index (Phi) is 10.5. The molecule has 0 aromatic carbocycles. The number of hydrogen-bond acceptors (Lipinski definition) is 11. The number of rotatable bonds is 9. The Morgan fingerprint density at radius 1 is 0.886 bits per heavy atom. The van der Waals surface area contributed by atoms with Gasteiger partial charge in [-0.1, -0.05) is 0 Å². The standard InChI is InChI=1S/C20H28F2N2O11/c1-8(25)23-14-15(24-9(2)26)18(21)20(22,19(30)31-6)35-17(14)16(34-12(5)29)13(33-11(4)28)7-32-10(3)27/h13-18H,7H2,1-6H3,(H,23,25)(H,24,26)/t13-,14-,15?,16-,17?,18?,20-/m1/s1. The van der Waals surface area contributed by atoms with Crippen molar-refractivity contribution in [1.29, 1.82) is 0 Å². The van der Waals surface area contributed by atoms with E-state index in [-0.39, 0.29) is 0 Å². The molecule has 0 aliphatic carbocycles. The third-order valence-electron chi connectivity index (χ3n) is 4.68. The van der Waals surface area contributed by atoms with Crippen LogP contribution in [-0.2, 0) is 52.5 Å². The van der Waals surface area contributed by atoms with Crippen molar-refractivity contribution in [1.82, 2.24) is 10.6 Å². The Balaban J connectivity index is 3.74. The van der Waals surface area contributed by atoms with Crippen molar-refractivity contribution in [3.05, 3.63) is 0 Å². The van der Waals surface area contributed by atoms with E-state index in [0.717, 1.165) is 41.7 Å². The first-order valence-electron chi connectivity index (χ1n) is 10.2. The molecule has 0 aromatic heterocycles. The summed E-state index contributed by atoms with van der Waals surface area (Å²) >= 11 is 0. The topological polar surface area (TPSA) is 173 Å². The molecule has 0 radical (unpaired) electrons. The van der Waals surface area contributed by atoms with Crippen molar-refractivity contribution in [2.45, 2.75) is 77.0 Å². The number of carbonyl (C=O) groups excluding carboxylic acids is 6. The molecule has 13 nitrogen and oxygen atoms in total. The van der Waals surface area contributed by atoms with Crippen LogP contribution in [0, 0.1) is 0 Å². The quantitative estimate of drug-likeness (QED) is 0.288. The Hall–Kier alpha value is -3.36. The van der Waals surface area contributed by atoms with Crippen LogP contribution >= 0.6 is 0 Å². The molecule has 3 unspecified atom stereocenters. The zero-order valence-corrected chi connectivity index (χ0v) is 19.9. The lowest BCUT2D eigenvalue weighted by atomic mass is 9.85. The second-order valence-corrected chi connectivity index (χ2v) is 7.60. The molecule has 1 heterocycles. The average molecular weight is 510 g/mol. The van der Waals surface area contributed by atoms with Gasteiger partial charge in [-0.05, 0) is 0 Å². The maximum absolute atomic E-state index is 15.7. The van der Waals surface area contributed by atoms with Crippen LogP contribution in [0.3, 0.4) is 0 Å². The SMILES string of the molecule is COC(=O)[C@]1(F)OC([C@H](OC(C)=O)[C@@H](COC(C)=O)OC(C)=O)[C@H](NC(C)=O)C(NC(C)=O)C1F. The Bertz CT molecular complexity index is 855. The molecule has 1 rings (SSSR count).